The molecule has 0 radical (unpaired) electrons. The summed E-state index contributed by atoms with van der Waals surface area (Å²) in [5.74, 6) is -0.0733. The van der Waals surface area contributed by atoms with Crippen LogP contribution >= 0.6 is 27.3 Å². The Labute approximate surface area is 112 Å². The van der Waals surface area contributed by atoms with Crippen LogP contribution in [0.15, 0.2) is 34.2 Å². The molecule has 2 heterocycles. The van der Waals surface area contributed by atoms with Crippen LogP contribution < -0.4 is 5.32 Å². The van der Waals surface area contributed by atoms with E-state index in [2.05, 4.69) is 26.2 Å². The number of pyridine rings is 1. The second-order valence-corrected chi connectivity index (χ2v) is 5.42. The Balaban J connectivity index is 2.01. The highest BCUT2D eigenvalue weighted by molar-refractivity contribution is 9.10. The van der Waals surface area contributed by atoms with Crippen molar-refractivity contribution in [3.63, 3.8) is 0 Å². The van der Waals surface area contributed by atoms with Crippen molar-refractivity contribution in [3.8, 4) is 0 Å². The number of aryl methyl sites for hydroxylation is 1. The number of rotatable bonds is 3. The predicted molar refractivity (Wildman–Crippen MR) is 72.2 cm³/mol. The first kappa shape index (κ1) is 12.3. The van der Waals surface area contributed by atoms with Crippen molar-refractivity contribution < 1.29 is 4.79 Å². The maximum Gasteiger partial charge on any atom is 0.251 e. The fourth-order valence-corrected chi connectivity index (χ4v) is 2.83. The van der Waals surface area contributed by atoms with E-state index in [9.17, 15) is 4.79 Å². The van der Waals surface area contributed by atoms with Crippen LogP contribution in [0.4, 0.5) is 0 Å². The van der Waals surface area contributed by atoms with E-state index in [-0.39, 0.29) is 5.91 Å². The van der Waals surface area contributed by atoms with Crippen LogP contribution in [-0.4, -0.2) is 10.9 Å². The molecule has 2 aromatic heterocycles. The molecule has 0 aliphatic carbocycles. The monoisotopic (exact) mass is 310 g/mol. The highest BCUT2D eigenvalue weighted by atomic mass is 79.9. The molecule has 0 fully saturated rings. The van der Waals surface area contributed by atoms with E-state index in [4.69, 9.17) is 0 Å². The summed E-state index contributed by atoms with van der Waals surface area (Å²) in [5, 5.41) is 4.87. The van der Waals surface area contributed by atoms with E-state index in [0.29, 0.717) is 12.1 Å². The highest BCUT2D eigenvalue weighted by Crippen LogP contribution is 2.22. The topological polar surface area (TPSA) is 42.0 Å². The minimum absolute atomic E-state index is 0.0733. The number of amides is 1. The van der Waals surface area contributed by atoms with Gasteiger partial charge in [-0.1, -0.05) is 0 Å². The lowest BCUT2D eigenvalue weighted by atomic mass is 10.2. The Morgan fingerprint density at radius 1 is 1.53 bits per heavy atom. The van der Waals surface area contributed by atoms with E-state index < -0.39 is 0 Å². The summed E-state index contributed by atoms with van der Waals surface area (Å²) in [6.45, 7) is 2.41. The number of halogens is 1. The number of thiophene rings is 1. The van der Waals surface area contributed by atoms with Crippen LogP contribution in [0.5, 0.6) is 0 Å². The zero-order chi connectivity index (χ0) is 12.3. The molecule has 0 aliphatic rings. The summed E-state index contributed by atoms with van der Waals surface area (Å²) >= 11 is 5.05. The third kappa shape index (κ3) is 3.14. The molecule has 5 heteroatoms. The molecule has 0 aromatic carbocycles. The van der Waals surface area contributed by atoms with Crippen LogP contribution in [0.3, 0.4) is 0 Å². The Kier molecular flexibility index (Phi) is 3.91. The van der Waals surface area contributed by atoms with Gasteiger partial charge in [0.1, 0.15) is 0 Å². The molecule has 1 N–H and O–H groups in total. The molecule has 2 aromatic rings. The van der Waals surface area contributed by atoms with E-state index >= 15 is 0 Å². The Hall–Kier alpha value is -1.20. The second kappa shape index (κ2) is 5.42. The normalized spacial score (nSPS) is 10.2. The van der Waals surface area contributed by atoms with Crippen LogP contribution in [0.2, 0.25) is 0 Å². The number of hydrogen-bond acceptors (Lipinski definition) is 3. The maximum atomic E-state index is 11.9. The molecule has 0 atom stereocenters. The van der Waals surface area contributed by atoms with Gasteiger partial charge in [0, 0.05) is 26.8 Å². The van der Waals surface area contributed by atoms with Gasteiger partial charge in [-0.15, -0.1) is 11.3 Å². The van der Waals surface area contributed by atoms with Gasteiger partial charge >= 0.3 is 0 Å². The highest BCUT2D eigenvalue weighted by Gasteiger charge is 2.07. The summed E-state index contributed by atoms with van der Waals surface area (Å²) in [7, 11) is 0. The Morgan fingerprint density at radius 3 is 3.00 bits per heavy atom. The molecule has 0 aliphatic heterocycles. The first-order valence-corrected chi connectivity index (χ1v) is 6.77. The first-order valence-electron chi connectivity index (χ1n) is 5.09. The van der Waals surface area contributed by atoms with Crippen molar-refractivity contribution in [2.75, 3.05) is 0 Å². The third-order valence-electron chi connectivity index (χ3n) is 2.26. The largest absolute Gasteiger partial charge is 0.347 e. The van der Waals surface area contributed by atoms with Gasteiger partial charge < -0.3 is 5.32 Å². The fraction of sp³-hybridized carbons (Fsp3) is 0.167. The van der Waals surface area contributed by atoms with Crippen molar-refractivity contribution in [2.24, 2.45) is 0 Å². The summed E-state index contributed by atoms with van der Waals surface area (Å²) in [5.41, 5.74) is 1.49. The van der Waals surface area contributed by atoms with Crippen molar-refractivity contribution >= 4 is 33.2 Å². The van der Waals surface area contributed by atoms with Gasteiger partial charge in [-0.3, -0.25) is 9.78 Å². The van der Waals surface area contributed by atoms with E-state index in [1.54, 1.807) is 29.7 Å². The van der Waals surface area contributed by atoms with Crippen LogP contribution in [0.25, 0.3) is 0 Å². The van der Waals surface area contributed by atoms with Crippen molar-refractivity contribution in [3.05, 3.63) is 50.4 Å². The molecule has 17 heavy (non-hydrogen) atoms. The average Bonchev–Trinajstić information content (AvgIpc) is 2.72. The molecule has 0 unspecified atom stereocenters. The summed E-state index contributed by atoms with van der Waals surface area (Å²) in [6, 6.07) is 5.47. The molecule has 2 rings (SSSR count). The van der Waals surface area contributed by atoms with Gasteiger partial charge in [0.25, 0.3) is 5.91 Å². The summed E-state index contributed by atoms with van der Waals surface area (Å²) < 4.78 is 1.04. The molecule has 88 valence electrons. The van der Waals surface area contributed by atoms with Crippen molar-refractivity contribution in [2.45, 2.75) is 13.5 Å². The SMILES string of the molecule is Cc1cc(C(=O)NCc2sccc2Br)ccn1. The number of nitrogens with zero attached hydrogens (tertiary/aromatic N) is 1. The molecule has 0 bridgehead atoms. The average molecular weight is 311 g/mol. The zero-order valence-electron chi connectivity index (χ0n) is 9.24. The van der Waals surface area contributed by atoms with Gasteiger partial charge in [-0.2, -0.15) is 0 Å². The number of aromatic nitrogens is 1. The molecule has 0 saturated heterocycles. The smallest absolute Gasteiger partial charge is 0.251 e. The molecule has 1 amide bonds. The Bertz CT molecular complexity index is 539. The van der Waals surface area contributed by atoms with Crippen LogP contribution in [0, 0.1) is 6.92 Å². The van der Waals surface area contributed by atoms with E-state index in [1.165, 1.54) is 0 Å². The van der Waals surface area contributed by atoms with Crippen molar-refractivity contribution in [1.82, 2.24) is 10.3 Å². The van der Waals surface area contributed by atoms with Gasteiger partial charge in [-0.05, 0) is 46.4 Å². The van der Waals surface area contributed by atoms with Crippen molar-refractivity contribution in [1.29, 1.82) is 0 Å². The minimum atomic E-state index is -0.0733. The fourth-order valence-electron chi connectivity index (χ4n) is 1.40. The van der Waals surface area contributed by atoms with E-state index in [1.807, 2.05) is 18.4 Å². The molecule has 0 saturated carbocycles. The van der Waals surface area contributed by atoms with Crippen LogP contribution in [0.1, 0.15) is 20.9 Å². The third-order valence-corrected chi connectivity index (χ3v) is 4.19. The molecule has 0 spiro atoms. The Morgan fingerprint density at radius 2 is 2.35 bits per heavy atom. The maximum absolute atomic E-state index is 11.9. The minimum Gasteiger partial charge on any atom is -0.347 e. The number of carbonyl (C=O) groups excluding carboxylic acids is 1. The molecular weight excluding hydrogens is 300 g/mol. The quantitative estimate of drug-likeness (QED) is 0.946. The second-order valence-electron chi connectivity index (χ2n) is 3.56. The first-order chi connectivity index (χ1) is 8.16. The molecule has 3 nitrogen and oxygen atoms in total. The lowest BCUT2D eigenvalue weighted by molar-refractivity contribution is 0.0951. The van der Waals surface area contributed by atoms with Gasteiger partial charge in [0.05, 0.1) is 6.54 Å². The lowest BCUT2D eigenvalue weighted by Gasteiger charge is -2.04. The zero-order valence-corrected chi connectivity index (χ0v) is 11.6. The summed E-state index contributed by atoms with van der Waals surface area (Å²) in [4.78, 5) is 17.0. The standard InChI is InChI=1S/C12H11BrN2OS/c1-8-6-9(2-4-14-8)12(16)15-7-11-10(13)3-5-17-11/h2-6H,7H2,1H3,(H,15,16). The predicted octanol–water partition coefficient (Wildman–Crippen LogP) is 3.14. The van der Waals surface area contributed by atoms with Crippen LogP contribution in [-0.2, 0) is 6.54 Å². The van der Waals surface area contributed by atoms with Gasteiger partial charge in [-0.25, -0.2) is 0 Å². The van der Waals surface area contributed by atoms with Gasteiger partial charge in [0.2, 0.25) is 0 Å². The number of carbonyl (C=O) groups is 1. The van der Waals surface area contributed by atoms with Gasteiger partial charge in [0.15, 0.2) is 0 Å². The molecular formula is C12H11BrN2OS. The number of hydrogen-bond donors (Lipinski definition) is 1. The van der Waals surface area contributed by atoms with E-state index in [0.717, 1.165) is 15.0 Å². The summed E-state index contributed by atoms with van der Waals surface area (Å²) in [6.07, 6.45) is 1.64. The lowest BCUT2D eigenvalue weighted by Crippen LogP contribution is -2.22. The number of nitrogens with one attached hydrogen (secondary N) is 1.